The van der Waals surface area contributed by atoms with Gasteiger partial charge in [0, 0.05) is 6.61 Å². The average Bonchev–Trinajstić information content (AvgIpc) is 2.84. The van der Waals surface area contributed by atoms with Gasteiger partial charge in [-0.2, -0.15) is 0 Å². The van der Waals surface area contributed by atoms with Crippen LogP contribution in [0.4, 0.5) is 0 Å². The van der Waals surface area contributed by atoms with Crippen molar-refractivity contribution in [1.29, 1.82) is 0 Å². The van der Waals surface area contributed by atoms with Crippen LogP contribution in [0.5, 0.6) is 0 Å². The van der Waals surface area contributed by atoms with Crippen molar-refractivity contribution in [3.05, 3.63) is 0 Å². The zero-order valence-electron chi connectivity index (χ0n) is 23.9. The molecule has 1 unspecified atom stereocenters. The number of hydrogen-bond acceptors (Lipinski definition) is 2. The summed E-state index contributed by atoms with van der Waals surface area (Å²) in [4.78, 5) is 0. The molecule has 0 fully saturated rings. The maximum absolute atomic E-state index is 10.0. The van der Waals surface area contributed by atoms with E-state index in [0.29, 0.717) is 0 Å². The summed E-state index contributed by atoms with van der Waals surface area (Å²) < 4.78 is 5.61. The van der Waals surface area contributed by atoms with Crippen LogP contribution in [0, 0.1) is 0 Å². The summed E-state index contributed by atoms with van der Waals surface area (Å²) in [5.41, 5.74) is 0. The molecule has 0 amide bonds. The summed E-state index contributed by atoms with van der Waals surface area (Å²) in [6, 6.07) is 0. The molecule has 0 heterocycles. The summed E-state index contributed by atoms with van der Waals surface area (Å²) in [6.45, 7) is 5.31. The number of hydrogen-bond donors (Lipinski definition) is 1. The van der Waals surface area contributed by atoms with E-state index in [1.165, 1.54) is 161 Å². The van der Waals surface area contributed by atoms with Gasteiger partial charge in [-0.15, -0.1) is 0 Å². The molecule has 0 aliphatic heterocycles. The zero-order chi connectivity index (χ0) is 24.8. The van der Waals surface area contributed by atoms with Gasteiger partial charge in [-0.3, -0.25) is 0 Å². The van der Waals surface area contributed by atoms with E-state index in [2.05, 4.69) is 13.8 Å². The summed E-state index contributed by atoms with van der Waals surface area (Å²) >= 11 is 0. The molecule has 0 saturated heterocycles. The molecule has 0 rings (SSSR count). The highest BCUT2D eigenvalue weighted by atomic mass is 16.6. The van der Waals surface area contributed by atoms with Gasteiger partial charge in [-0.05, 0) is 19.3 Å². The molecule has 0 aromatic rings. The van der Waals surface area contributed by atoms with E-state index in [1.807, 2.05) is 0 Å². The number of unbranched alkanes of at least 4 members (excludes halogenated alkanes) is 25. The largest absolute Gasteiger partial charge is 0.368 e. The number of aliphatic hydroxyl groups excluding tert-OH is 1. The summed E-state index contributed by atoms with van der Waals surface area (Å²) in [7, 11) is 0. The van der Waals surface area contributed by atoms with Gasteiger partial charge in [0.05, 0.1) is 0 Å². The van der Waals surface area contributed by atoms with E-state index in [1.54, 1.807) is 0 Å². The van der Waals surface area contributed by atoms with Gasteiger partial charge in [0.1, 0.15) is 0 Å². The molecule has 0 aliphatic carbocycles. The van der Waals surface area contributed by atoms with Gasteiger partial charge >= 0.3 is 0 Å². The van der Waals surface area contributed by atoms with Crippen LogP contribution in [0.15, 0.2) is 0 Å². The molecule has 206 valence electrons. The predicted octanol–water partition coefficient (Wildman–Crippen LogP) is 11.3. The summed E-state index contributed by atoms with van der Waals surface area (Å²) in [5, 5.41) is 10.0. The minimum atomic E-state index is -0.533. The Labute approximate surface area is 216 Å². The van der Waals surface area contributed by atoms with Gasteiger partial charge in [0.2, 0.25) is 0 Å². The molecule has 0 radical (unpaired) electrons. The summed E-state index contributed by atoms with van der Waals surface area (Å²) in [5.74, 6) is 0. The highest BCUT2D eigenvalue weighted by Gasteiger charge is 2.03. The number of ether oxygens (including phenoxy) is 1. The molecule has 0 saturated carbocycles. The van der Waals surface area contributed by atoms with E-state index < -0.39 is 6.29 Å². The van der Waals surface area contributed by atoms with Crippen molar-refractivity contribution in [3.63, 3.8) is 0 Å². The quantitative estimate of drug-likeness (QED) is 0.0814. The van der Waals surface area contributed by atoms with Gasteiger partial charge in [0.25, 0.3) is 0 Å². The fourth-order valence-corrected chi connectivity index (χ4v) is 4.94. The molecule has 0 aromatic carbocycles. The van der Waals surface area contributed by atoms with Crippen LogP contribution in [-0.2, 0) is 4.74 Å². The molecule has 34 heavy (non-hydrogen) atoms. The van der Waals surface area contributed by atoms with Crippen molar-refractivity contribution in [2.24, 2.45) is 0 Å². The Morgan fingerprint density at radius 1 is 0.382 bits per heavy atom. The average molecular weight is 483 g/mol. The Kier molecular flexibility index (Phi) is 30.9. The van der Waals surface area contributed by atoms with Crippen LogP contribution >= 0.6 is 0 Å². The standard InChI is InChI=1S/C32H66O2/c1-3-5-7-9-11-13-15-17-19-21-23-25-27-29-31-34-32(33)30-28-26-24-22-20-18-16-14-12-10-8-6-4-2/h32-33H,3-31H2,1-2H3. The Morgan fingerprint density at radius 3 is 0.971 bits per heavy atom. The van der Waals surface area contributed by atoms with Crippen molar-refractivity contribution < 1.29 is 9.84 Å². The fraction of sp³-hybridized carbons (Fsp3) is 1.00. The third-order valence-electron chi connectivity index (χ3n) is 7.36. The van der Waals surface area contributed by atoms with Crippen molar-refractivity contribution >= 4 is 0 Å². The zero-order valence-corrected chi connectivity index (χ0v) is 23.9. The minimum Gasteiger partial charge on any atom is -0.368 e. The topological polar surface area (TPSA) is 29.5 Å². The van der Waals surface area contributed by atoms with Crippen molar-refractivity contribution in [2.45, 2.75) is 200 Å². The van der Waals surface area contributed by atoms with Crippen LogP contribution in [0.25, 0.3) is 0 Å². The van der Waals surface area contributed by atoms with E-state index in [9.17, 15) is 5.11 Å². The normalized spacial score (nSPS) is 12.4. The molecule has 2 heteroatoms. The molecule has 1 N–H and O–H groups in total. The van der Waals surface area contributed by atoms with Crippen molar-refractivity contribution in [1.82, 2.24) is 0 Å². The number of aliphatic hydroxyl groups is 1. The van der Waals surface area contributed by atoms with Crippen LogP contribution in [-0.4, -0.2) is 18.0 Å². The van der Waals surface area contributed by atoms with Crippen molar-refractivity contribution in [3.8, 4) is 0 Å². The molecule has 2 nitrogen and oxygen atoms in total. The first-order valence-electron chi connectivity index (χ1n) is 16.1. The van der Waals surface area contributed by atoms with E-state index in [0.717, 1.165) is 25.9 Å². The SMILES string of the molecule is CCCCCCCCCCCCCCCCOC(O)CCCCCCCCCCCCCCC. The third kappa shape index (κ3) is 30.0. The Morgan fingerprint density at radius 2 is 0.647 bits per heavy atom. The van der Waals surface area contributed by atoms with Gasteiger partial charge < -0.3 is 9.84 Å². The first-order chi connectivity index (χ1) is 16.8. The highest BCUT2D eigenvalue weighted by molar-refractivity contribution is 4.52. The third-order valence-corrected chi connectivity index (χ3v) is 7.36. The highest BCUT2D eigenvalue weighted by Crippen LogP contribution is 2.15. The van der Waals surface area contributed by atoms with Crippen LogP contribution < -0.4 is 0 Å². The summed E-state index contributed by atoms with van der Waals surface area (Å²) in [6.07, 6.45) is 37.4. The van der Waals surface area contributed by atoms with Gasteiger partial charge in [-0.1, -0.05) is 174 Å². The van der Waals surface area contributed by atoms with E-state index in [-0.39, 0.29) is 0 Å². The molecular formula is C32H66O2. The van der Waals surface area contributed by atoms with E-state index in [4.69, 9.17) is 4.74 Å². The van der Waals surface area contributed by atoms with Crippen LogP contribution in [0.3, 0.4) is 0 Å². The Bertz CT molecular complexity index is 344. The van der Waals surface area contributed by atoms with Crippen LogP contribution in [0.1, 0.15) is 194 Å². The van der Waals surface area contributed by atoms with Gasteiger partial charge in [-0.25, -0.2) is 0 Å². The molecule has 1 atom stereocenters. The second-order valence-corrected chi connectivity index (χ2v) is 11.0. The Hall–Kier alpha value is -0.0800. The molecule has 0 aromatic heterocycles. The van der Waals surface area contributed by atoms with Crippen molar-refractivity contribution in [2.75, 3.05) is 6.61 Å². The predicted molar refractivity (Wildman–Crippen MR) is 153 cm³/mol. The lowest BCUT2D eigenvalue weighted by molar-refractivity contribution is -0.105. The first-order valence-corrected chi connectivity index (χ1v) is 16.1. The fourth-order valence-electron chi connectivity index (χ4n) is 4.94. The Balaban J connectivity index is 3.13. The minimum absolute atomic E-state index is 0.533. The monoisotopic (exact) mass is 483 g/mol. The lowest BCUT2D eigenvalue weighted by Gasteiger charge is -2.12. The van der Waals surface area contributed by atoms with Gasteiger partial charge in [0.15, 0.2) is 6.29 Å². The molecule has 0 bridgehead atoms. The van der Waals surface area contributed by atoms with E-state index >= 15 is 0 Å². The molecule has 0 aliphatic rings. The lowest BCUT2D eigenvalue weighted by atomic mass is 10.0. The smallest absolute Gasteiger partial charge is 0.154 e. The second kappa shape index (κ2) is 31.0. The van der Waals surface area contributed by atoms with Crippen LogP contribution in [0.2, 0.25) is 0 Å². The maximum Gasteiger partial charge on any atom is 0.154 e. The molecule has 0 spiro atoms. The first kappa shape index (κ1) is 33.9. The number of rotatable bonds is 30. The molecular weight excluding hydrogens is 416 g/mol. The second-order valence-electron chi connectivity index (χ2n) is 11.0. The maximum atomic E-state index is 10.0. The lowest BCUT2D eigenvalue weighted by Crippen LogP contribution is -2.12.